The first-order chi connectivity index (χ1) is 7.16. The highest BCUT2D eigenvalue weighted by Gasteiger charge is 2.15. The molecule has 0 saturated heterocycles. The molecule has 0 saturated carbocycles. The Kier molecular flexibility index (Phi) is 2.37. The Labute approximate surface area is 86.8 Å². The Balaban J connectivity index is 2.19. The summed E-state index contributed by atoms with van der Waals surface area (Å²) in [6.45, 7) is 0.182. The number of anilines is 1. The molecule has 0 unspecified atom stereocenters. The predicted octanol–water partition coefficient (Wildman–Crippen LogP) is 0.936. The second kappa shape index (κ2) is 3.68. The van der Waals surface area contributed by atoms with Crippen LogP contribution in [0.3, 0.4) is 0 Å². The number of hydrogen-bond donors (Lipinski definition) is 1. The zero-order valence-electron chi connectivity index (χ0n) is 8.27. The van der Waals surface area contributed by atoms with E-state index in [4.69, 9.17) is 14.6 Å². The lowest BCUT2D eigenvalue weighted by molar-refractivity contribution is -0.135. The first-order valence-electron chi connectivity index (χ1n) is 4.49. The molecule has 0 amide bonds. The first kappa shape index (κ1) is 9.64. The molecule has 0 bridgehead atoms. The molecular formula is C10H11NO4. The lowest BCUT2D eigenvalue weighted by Crippen LogP contribution is -2.24. The molecule has 80 valence electrons. The third-order valence-electron chi connectivity index (χ3n) is 2.17. The molecule has 1 aromatic carbocycles. The van der Waals surface area contributed by atoms with Gasteiger partial charge in [0.1, 0.15) is 6.54 Å². The van der Waals surface area contributed by atoms with Crippen LogP contribution in [0, 0.1) is 0 Å². The van der Waals surface area contributed by atoms with Gasteiger partial charge in [-0.1, -0.05) is 0 Å². The van der Waals surface area contributed by atoms with Crippen molar-refractivity contribution in [1.29, 1.82) is 0 Å². The highest BCUT2D eigenvalue weighted by Crippen LogP contribution is 2.35. The van der Waals surface area contributed by atoms with Crippen LogP contribution in [0.15, 0.2) is 18.2 Å². The molecule has 0 aliphatic carbocycles. The molecule has 15 heavy (non-hydrogen) atoms. The number of aliphatic carboxylic acids is 1. The van der Waals surface area contributed by atoms with E-state index in [1.54, 1.807) is 30.1 Å². The SMILES string of the molecule is CN(CC(=O)O)c1ccc2c(c1)OCO2. The zero-order valence-corrected chi connectivity index (χ0v) is 8.27. The Hall–Kier alpha value is -1.91. The van der Waals surface area contributed by atoms with E-state index < -0.39 is 5.97 Å². The van der Waals surface area contributed by atoms with Gasteiger partial charge in [0.05, 0.1) is 0 Å². The summed E-state index contributed by atoms with van der Waals surface area (Å²) in [6.07, 6.45) is 0. The summed E-state index contributed by atoms with van der Waals surface area (Å²) in [5.41, 5.74) is 0.793. The Morgan fingerprint density at radius 1 is 1.47 bits per heavy atom. The van der Waals surface area contributed by atoms with Crippen LogP contribution in [0.4, 0.5) is 5.69 Å². The fraction of sp³-hybridized carbons (Fsp3) is 0.300. The van der Waals surface area contributed by atoms with E-state index in [1.807, 2.05) is 0 Å². The van der Waals surface area contributed by atoms with E-state index >= 15 is 0 Å². The molecule has 0 fully saturated rings. The van der Waals surface area contributed by atoms with Crippen LogP contribution in [0.5, 0.6) is 11.5 Å². The number of nitrogens with zero attached hydrogens (tertiary/aromatic N) is 1. The summed E-state index contributed by atoms with van der Waals surface area (Å²) < 4.78 is 10.4. The molecule has 0 radical (unpaired) electrons. The lowest BCUT2D eigenvalue weighted by atomic mass is 10.2. The number of likely N-dealkylation sites (N-methyl/N-ethyl adjacent to an activating group) is 1. The van der Waals surface area contributed by atoms with Gasteiger partial charge in [0.15, 0.2) is 11.5 Å². The van der Waals surface area contributed by atoms with Crippen molar-refractivity contribution in [1.82, 2.24) is 0 Å². The van der Waals surface area contributed by atoms with Gasteiger partial charge in [0.25, 0.3) is 0 Å². The highest BCUT2D eigenvalue weighted by molar-refractivity contribution is 5.74. The van der Waals surface area contributed by atoms with Crippen molar-refractivity contribution in [2.75, 3.05) is 25.3 Å². The largest absolute Gasteiger partial charge is 0.480 e. The van der Waals surface area contributed by atoms with Gasteiger partial charge >= 0.3 is 5.97 Å². The molecule has 1 aliphatic heterocycles. The fourth-order valence-corrected chi connectivity index (χ4v) is 1.42. The van der Waals surface area contributed by atoms with E-state index in [1.165, 1.54) is 0 Å². The van der Waals surface area contributed by atoms with Gasteiger partial charge in [-0.2, -0.15) is 0 Å². The van der Waals surface area contributed by atoms with E-state index in [0.29, 0.717) is 11.5 Å². The van der Waals surface area contributed by atoms with Gasteiger partial charge in [-0.25, -0.2) is 0 Å². The number of fused-ring (bicyclic) bond motifs is 1. The average Bonchev–Trinajstić information content (AvgIpc) is 2.62. The van der Waals surface area contributed by atoms with Gasteiger partial charge in [0, 0.05) is 18.8 Å². The number of rotatable bonds is 3. The summed E-state index contributed by atoms with van der Waals surface area (Å²) in [7, 11) is 1.71. The minimum absolute atomic E-state index is 0.0420. The molecule has 1 N–H and O–H groups in total. The van der Waals surface area contributed by atoms with Crippen molar-refractivity contribution in [3.05, 3.63) is 18.2 Å². The van der Waals surface area contributed by atoms with Crippen LogP contribution < -0.4 is 14.4 Å². The minimum Gasteiger partial charge on any atom is -0.480 e. The van der Waals surface area contributed by atoms with Crippen molar-refractivity contribution in [3.8, 4) is 11.5 Å². The topological polar surface area (TPSA) is 59.0 Å². The standard InChI is InChI=1S/C10H11NO4/c1-11(5-10(12)13)7-2-3-8-9(4-7)15-6-14-8/h2-4H,5-6H2,1H3,(H,12,13). The molecule has 1 aromatic rings. The maximum atomic E-state index is 10.5. The number of carboxylic acid groups (broad SMARTS) is 1. The summed E-state index contributed by atoms with van der Waals surface area (Å²) in [5, 5.41) is 8.64. The van der Waals surface area contributed by atoms with E-state index in [-0.39, 0.29) is 13.3 Å². The normalized spacial score (nSPS) is 12.6. The zero-order chi connectivity index (χ0) is 10.8. The van der Waals surface area contributed by atoms with Crippen LogP contribution in [-0.2, 0) is 4.79 Å². The van der Waals surface area contributed by atoms with Crippen molar-refractivity contribution < 1.29 is 19.4 Å². The smallest absolute Gasteiger partial charge is 0.323 e. The van der Waals surface area contributed by atoms with Gasteiger partial charge in [-0.05, 0) is 12.1 Å². The van der Waals surface area contributed by atoms with Gasteiger partial charge in [-0.3, -0.25) is 4.79 Å². The summed E-state index contributed by atoms with van der Waals surface area (Å²) in [4.78, 5) is 12.1. The quantitative estimate of drug-likeness (QED) is 0.802. The molecule has 5 nitrogen and oxygen atoms in total. The summed E-state index contributed by atoms with van der Waals surface area (Å²) >= 11 is 0. The van der Waals surface area contributed by atoms with Crippen LogP contribution >= 0.6 is 0 Å². The first-order valence-corrected chi connectivity index (χ1v) is 4.49. The molecule has 1 heterocycles. The molecule has 0 spiro atoms. The fourth-order valence-electron chi connectivity index (χ4n) is 1.42. The van der Waals surface area contributed by atoms with Crippen LogP contribution in [0.2, 0.25) is 0 Å². The average molecular weight is 209 g/mol. The Bertz CT molecular complexity index is 391. The highest BCUT2D eigenvalue weighted by atomic mass is 16.7. The summed E-state index contributed by atoms with van der Waals surface area (Å²) in [5.74, 6) is 0.488. The van der Waals surface area contributed by atoms with Gasteiger partial charge in [-0.15, -0.1) is 0 Å². The molecule has 0 aromatic heterocycles. The second-order valence-electron chi connectivity index (χ2n) is 3.29. The summed E-state index contributed by atoms with van der Waals surface area (Å²) in [6, 6.07) is 5.34. The second-order valence-corrected chi connectivity index (χ2v) is 3.29. The van der Waals surface area contributed by atoms with E-state index in [9.17, 15) is 4.79 Å². The van der Waals surface area contributed by atoms with Gasteiger partial charge in [0.2, 0.25) is 6.79 Å². The maximum Gasteiger partial charge on any atom is 0.323 e. The number of ether oxygens (including phenoxy) is 2. The molecule has 1 aliphatic rings. The van der Waals surface area contributed by atoms with Gasteiger partial charge < -0.3 is 19.5 Å². The van der Waals surface area contributed by atoms with Crippen molar-refractivity contribution in [2.45, 2.75) is 0 Å². The molecule has 5 heteroatoms. The van der Waals surface area contributed by atoms with E-state index in [2.05, 4.69) is 0 Å². The van der Waals surface area contributed by atoms with Crippen molar-refractivity contribution in [3.63, 3.8) is 0 Å². The third-order valence-corrected chi connectivity index (χ3v) is 2.17. The lowest BCUT2D eigenvalue weighted by Gasteiger charge is -2.16. The molecule has 2 rings (SSSR count). The van der Waals surface area contributed by atoms with Crippen molar-refractivity contribution in [2.24, 2.45) is 0 Å². The number of carboxylic acids is 1. The molecular weight excluding hydrogens is 198 g/mol. The van der Waals surface area contributed by atoms with Crippen molar-refractivity contribution >= 4 is 11.7 Å². The number of hydrogen-bond acceptors (Lipinski definition) is 4. The number of carbonyl (C=O) groups is 1. The van der Waals surface area contributed by atoms with Crippen LogP contribution in [0.25, 0.3) is 0 Å². The number of benzene rings is 1. The monoisotopic (exact) mass is 209 g/mol. The van der Waals surface area contributed by atoms with Crippen LogP contribution in [-0.4, -0.2) is 31.5 Å². The Morgan fingerprint density at radius 3 is 2.93 bits per heavy atom. The Morgan fingerprint density at radius 2 is 2.20 bits per heavy atom. The molecule has 0 atom stereocenters. The predicted molar refractivity (Wildman–Crippen MR) is 53.5 cm³/mol. The third kappa shape index (κ3) is 1.96. The van der Waals surface area contributed by atoms with E-state index in [0.717, 1.165) is 5.69 Å². The van der Waals surface area contributed by atoms with Crippen LogP contribution in [0.1, 0.15) is 0 Å². The maximum absolute atomic E-state index is 10.5. The minimum atomic E-state index is -0.866.